The van der Waals surface area contributed by atoms with E-state index in [1.807, 2.05) is 55.5 Å². The third kappa shape index (κ3) is 4.47. The molecule has 0 atom stereocenters. The Bertz CT molecular complexity index is 996. The number of carbonyl (C=O) groups excluding carboxylic acids is 1. The summed E-state index contributed by atoms with van der Waals surface area (Å²) in [6.45, 7) is 2.50. The average Bonchev–Trinajstić information content (AvgIpc) is 2.68. The number of amides is 1. The first-order chi connectivity index (χ1) is 13.1. The first-order valence-electron chi connectivity index (χ1n) is 8.72. The van der Waals surface area contributed by atoms with Crippen molar-refractivity contribution in [2.24, 2.45) is 0 Å². The van der Waals surface area contributed by atoms with Crippen molar-refractivity contribution in [1.82, 2.24) is 10.3 Å². The molecule has 1 amide bonds. The number of carbonyl (C=O) groups is 1. The molecule has 27 heavy (non-hydrogen) atoms. The molecule has 0 aliphatic rings. The van der Waals surface area contributed by atoms with Crippen LogP contribution in [0.4, 0.5) is 4.79 Å². The van der Waals surface area contributed by atoms with Crippen molar-refractivity contribution in [3.63, 3.8) is 0 Å². The predicted molar refractivity (Wildman–Crippen MR) is 104 cm³/mol. The second-order valence-corrected chi connectivity index (χ2v) is 6.24. The highest BCUT2D eigenvalue weighted by Crippen LogP contribution is 2.25. The number of benzene rings is 2. The fourth-order valence-corrected chi connectivity index (χ4v) is 2.88. The fourth-order valence-electron chi connectivity index (χ4n) is 2.88. The summed E-state index contributed by atoms with van der Waals surface area (Å²) in [4.78, 5) is 27.0. The predicted octanol–water partition coefficient (Wildman–Crippen LogP) is 3.31. The van der Waals surface area contributed by atoms with Crippen LogP contribution in [0.2, 0.25) is 0 Å². The van der Waals surface area contributed by atoms with E-state index < -0.39 is 6.09 Å². The van der Waals surface area contributed by atoms with Crippen LogP contribution >= 0.6 is 0 Å². The Kier molecular flexibility index (Phi) is 5.76. The van der Waals surface area contributed by atoms with E-state index in [1.54, 1.807) is 7.11 Å². The van der Waals surface area contributed by atoms with Gasteiger partial charge in [0.15, 0.2) is 0 Å². The SMILES string of the molecule is COc1ccc(C)c2cc(CCNC(=O)OCc3ccccc3)c(=O)[nH]c12. The van der Waals surface area contributed by atoms with Crippen LogP contribution in [0.25, 0.3) is 10.9 Å². The second kappa shape index (κ2) is 8.40. The minimum Gasteiger partial charge on any atom is -0.495 e. The van der Waals surface area contributed by atoms with Crippen molar-refractivity contribution in [2.45, 2.75) is 20.0 Å². The molecule has 0 aliphatic heterocycles. The Hall–Kier alpha value is -3.28. The Labute approximate surface area is 157 Å². The Morgan fingerprint density at radius 1 is 1.15 bits per heavy atom. The van der Waals surface area contributed by atoms with Gasteiger partial charge in [0.25, 0.3) is 5.56 Å². The number of alkyl carbamates (subject to hydrolysis) is 1. The van der Waals surface area contributed by atoms with Gasteiger partial charge in [0.1, 0.15) is 12.4 Å². The smallest absolute Gasteiger partial charge is 0.407 e. The lowest BCUT2D eigenvalue weighted by atomic mass is 10.1. The number of H-pyrrole nitrogens is 1. The molecule has 2 aromatic carbocycles. The number of pyridine rings is 1. The highest BCUT2D eigenvalue weighted by Gasteiger charge is 2.10. The molecule has 3 rings (SSSR count). The van der Waals surface area contributed by atoms with E-state index in [4.69, 9.17) is 9.47 Å². The topological polar surface area (TPSA) is 80.4 Å². The third-order valence-corrected chi connectivity index (χ3v) is 4.37. The monoisotopic (exact) mass is 366 g/mol. The van der Waals surface area contributed by atoms with Crippen LogP contribution in [-0.2, 0) is 17.8 Å². The zero-order valence-electron chi connectivity index (χ0n) is 15.4. The highest BCUT2D eigenvalue weighted by molar-refractivity contribution is 5.87. The number of fused-ring (bicyclic) bond motifs is 1. The molecule has 6 nitrogen and oxygen atoms in total. The van der Waals surface area contributed by atoms with Gasteiger partial charge in [-0.1, -0.05) is 36.4 Å². The molecule has 0 bridgehead atoms. The first kappa shape index (κ1) is 18.5. The van der Waals surface area contributed by atoms with Crippen molar-refractivity contribution in [3.8, 4) is 5.75 Å². The lowest BCUT2D eigenvalue weighted by Crippen LogP contribution is -2.28. The van der Waals surface area contributed by atoms with Gasteiger partial charge in [0.2, 0.25) is 0 Å². The van der Waals surface area contributed by atoms with Crippen LogP contribution in [0.1, 0.15) is 16.7 Å². The van der Waals surface area contributed by atoms with Crippen molar-refractivity contribution >= 4 is 17.0 Å². The summed E-state index contributed by atoms with van der Waals surface area (Å²) in [6, 6.07) is 15.1. The van der Waals surface area contributed by atoms with Crippen LogP contribution in [-0.4, -0.2) is 24.7 Å². The van der Waals surface area contributed by atoms with Crippen molar-refractivity contribution < 1.29 is 14.3 Å². The number of aromatic nitrogens is 1. The summed E-state index contributed by atoms with van der Waals surface area (Å²) in [5.41, 5.74) is 3.05. The van der Waals surface area contributed by atoms with E-state index in [0.717, 1.165) is 16.5 Å². The second-order valence-electron chi connectivity index (χ2n) is 6.24. The zero-order chi connectivity index (χ0) is 19.2. The summed E-state index contributed by atoms with van der Waals surface area (Å²) in [7, 11) is 1.57. The van der Waals surface area contributed by atoms with Gasteiger partial charge in [-0.25, -0.2) is 4.79 Å². The Balaban J connectivity index is 1.61. The quantitative estimate of drug-likeness (QED) is 0.701. The van der Waals surface area contributed by atoms with Crippen molar-refractivity contribution in [1.29, 1.82) is 0 Å². The number of aryl methyl sites for hydroxylation is 1. The molecule has 0 fully saturated rings. The maximum absolute atomic E-state index is 12.3. The van der Waals surface area contributed by atoms with Crippen LogP contribution < -0.4 is 15.6 Å². The van der Waals surface area contributed by atoms with Gasteiger partial charge >= 0.3 is 6.09 Å². The molecule has 0 spiro atoms. The molecule has 0 saturated heterocycles. The molecule has 0 radical (unpaired) electrons. The largest absolute Gasteiger partial charge is 0.495 e. The summed E-state index contributed by atoms with van der Waals surface area (Å²) in [5.74, 6) is 0.627. The van der Waals surface area contributed by atoms with Gasteiger partial charge in [-0.05, 0) is 36.6 Å². The van der Waals surface area contributed by atoms with Crippen molar-refractivity contribution in [3.05, 3.63) is 75.6 Å². The Morgan fingerprint density at radius 3 is 2.67 bits per heavy atom. The van der Waals surface area contributed by atoms with Gasteiger partial charge in [-0.3, -0.25) is 4.79 Å². The lowest BCUT2D eigenvalue weighted by Gasteiger charge is -2.10. The molecule has 0 saturated carbocycles. The van der Waals surface area contributed by atoms with Gasteiger partial charge in [0, 0.05) is 17.5 Å². The zero-order valence-corrected chi connectivity index (χ0v) is 15.4. The van der Waals surface area contributed by atoms with Crippen LogP contribution in [0.5, 0.6) is 5.75 Å². The average molecular weight is 366 g/mol. The number of hydrogen-bond acceptors (Lipinski definition) is 4. The third-order valence-electron chi connectivity index (χ3n) is 4.37. The number of methoxy groups -OCH3 is 1. The van der Waals surface area contributed by atoms with E-state index in [1.165, 1.54) is 0 Å². The molecule has 1 aromatic heterocycles. The van der Waals surface area contributed by atoms with Gasteiger partial charge < -0.3 is 19.8 Å². The molecule has 0 unspecified atom stereocenters. The summed E-state index contributed by atoms with van der Waals surface area (Å²) in [5, 5.41) is 3.60. The fraction of sp³-hybridized carbons (Fsp3) is 0.238. The minimum atomic E-state index is -0.506. The van der Waals surface area contributed by atoms with E-state index in [9.17, 15) is 9.59 Å². The standard InChI is InChI=1S/C21H22N2O4/c1-14-8-9-18(26-2)19-17(14)12-16(20(24)23-19)10-11-22-21(25)27-13-15-6-4-3-5-7-15/h3-9,12H,10-11,13H2,1-2H3,(H,22,25)(H,23,24). The van der Waals surface area contributed by atoms with Crippen LogP contribution in [0.15, 0.2) is 53.3 Å². The first-order valence-corrected chi connectivity index (χ1v) is 8.72. The molecule has 6 heteroatoms. The van der Waals surface area contributed by atoms with Crippen molar-refractivity contribution in [2.75, 3.05) is 13.7 Å². The number of aromatic amines is 1. The summed E-state index contributed by atoms with van der Waals surface area (Å²) >= 11 is 0. The Morgan fingerprint density at radius 2 is 1.93 bits per heavy atom. The molecule has 1 heterocycles. The lowest BCUT2D eigenvalue weighted by molar-refractivity contribution is 0.140. The number of rotatable bonds is 6. The molecule has 140 valence electrons. The van der Waals surface area contributed by atoms with Gasteiger partial charge in [-0.15, -0.1) is 0 Å². The summed E-state index contributed by atoms with van der Waals surface area (Å²) < 4.78 is 10.5. The number of ether oxygens (including phenoxy) is 2. The van der Waals surface area contributed by atoms with E-state index in [-0.39, 0.29) is 12.2 Å². The highest BCUT2D eigenvalue weighted by atomic mass is 16.5. The maximum atomic E-state index is 12.3. The number of hydrogen-bond donors (Lipinski definition) is 2. The van der Waals surface area contributed by atoms with E-state index in [0.29, 0.717) is 29.8 Å². The molecule has 2 N–H and O–H groups in total. The molecular formula is C21H22N2O4. The van der Waals surface area contributed by atoms with E-state index in [2.05, 4.69) is 10.3 Å². The molecule has 0 aliphatic carbocycles. The minimum absolute atomic E-state index is 0.189. The number of nitrogens with one attached hydrogen (secondary N) is 2. The normalized spacial score (nSPS) is 10.6. The molecular weight excluding hydrogens is 344 g/mol. The molecule has 3 aromatic rings. The van der Waals surface area contributed by atoms with Gasteiger partial charge in [-0.2, -0.15) is 0 Å². The van der Waals surface area contributed by atoms with Crippen LogP contribution in [0, 0.1) is 6.92 Å². The van der Waals surface area contributed by atoms with Crippen LogP contribution in [0.3, 0.4) is 0 Å². The maximum Gasteiger partial charge on any atom is 0.407 e. The van der Waals surface area contributed by atoms with E-state index >= 15 is 0 Å². The van der Waals surface area contributed by atoms with Gasteiger partial charge in [0.05, 0.1) is 12.6 Å². The summed E-state index contributed by atoms with van der Waals surface area (Å²) in [6.07, 6.45) is -0.101.